The van der Waals surface area contributed by atoms with Crippen LogP contribution >= 0.6 is 0 Å². The second-order valence-electron chi connectivity index (χ2n) is 10.2. The largest absolute Gasteiger partial charge is 0.460 e. The summed E-state index contributed by atoms with van der Waals surface area (Å²) in [5.41, 5.74) is -0.710. The van der Waals surface area contributed by atoms with E-state index < -0.39 is 39.2 Å². The highest BCUT2D eigenvalue weighted by Crippen LogP contribution is 2.18. The highest BCUT2D eigenvalue weighted by atomic mass is 32.2. The molecule has 2 aromatic rings. The monoisotopic (exact) mass is 518 g/mol. The first-order valence-electron chi connectivity index (χ1n) is 11.5. The number of anilines is 1. The molecule has 0 unspecified atom stereocenters. The van der Waals surface area contributed by atoms with E-state index >= 15 is 0 Å². The Morgan fingerprint density at radius 3 is 1.92 bits per heavy atom. The van der Waals surface area contributed by atoms with Crippen molar-refractivity contribution in [3.63, 3.8) is 0 Å². The minimum absolute atomic E-state index is 0.119. The molecule has 0 heterocycles. The molecular weight excluding hydrogens is 484 g/mol. The summed E-state index contributed by atoms with van der Waals surface area (Å²) < 4.78 is 39.0. The lowest BCUT2D eigenvalue weighted by Gasteiger charge is -2.25. The molecule has 2 N–H and O–H groups in total. The van der Waals surface area contributed by atoms with Gasteiger partial charge in [0, 0.05) is 17.7 Å². The third-order valence-electron chi connectivity index (χ3n) is 4.50. The van der Waals surface area contributed by atoms with Crippen LogP contribution in [0.1, 0.15) is 64.7 Å². The summed E-state index contributed by atoms with van der Waals surface area (Å²) in [6.45, 7) is 10.1. The average Bonchev–Trinajstić information content (AvgIpc) is 2.75. The number of hydrogen-bond acceptors (Lipinski definition) is 7. The molecule has 0 saturated carbocycles. The number of esters is 2. The van der Waals surface area contributed by atoms with E-state index in [1.54, 1.807) is 71.9 Å². The molecule has 0 bridgehead atoms. The molecule has 1 amide bonds. The minimum Gasteiger partial charge on any atom is -0.460 e. The smallest absolute Gasteiger partial charge is 0.324 e. The molecule has 2 aromatic carbocycles. The molecule has 36 heavy (non-hydrogen) atoms. The maximum absolute atomic E-state index is 13.0. The number of rotatable bonds is 9. The minimum atomic E-state index is -4.16. The van der Waals surface area contributed by atoms with Gasteiger partial charge in [-0.05, 0) is 84.4 Å². The van der Waals surface area contributed by atoms with Gasteiger partial charge in [0.2, 0.25) is 10.0 Å². The van der Waals surface area contributed by atoms with Crippen LogP contribution in [0.15, 0.2) is 59.5 Å². The normalized spacial score (nSPS) is 12.9. The van der Waals surface area contributed by atoms with E-state index in [0.717, 1.165) is 0 Å². The number of hydrogen-bond donors (Lipinski definition) is 2. The molecule has 1 atom stereocenters. The van der Waals surface area contributed by atoms with Crippen molar-refractivity contribution in [2.45, 2.75) is 76.5 Å². The highest BCUT2D eigenvalue weighted by molar-refractivity contribution is 7.89. The summed E-state index contributed by atoms with van der Waals surface area (Å²) >= 11 is 0. The number of benzene rings is 2. The lowest BCUT2D eigenvalue weighted by Crippen LogP contribution is -2.44. The number of carbonyl (C=O) groups excluding carboxylic acids is 3. The Bertz CT molecular complexity index is 1160. The molecule has 0 saturated heterocycles. The standard InChI is InChI=1S/C26H34N2O7S/c1-25(2,3)34-22(29)17-16-21(24(31)35-26(4,5)6)28-36(32,33)20-14-12-19(13-15-20)27-23(30)18-10-8-7-9-11-18/h7-15,21,28H,16-17H2,1-6H3,(H,27,30)/t21-/m1/s1. The Hall–Kier alpha value is -3.24. The van der Waals surface area contributed by atoms with Crippen LogP contribution in [0.3, 0.4) is 0 Å². The van der Waals surface area contributed by atoms with Crippen LogP contribution < -0.4 is 10.0 Å². The number of carbonyl (C=O) groups is 3. The summed E-state index contributed by atoms with van der Waals surface area (Å²) in [4.78, 5) is 37.1. The third-order valence-corrected chi connectivity index (χ3v) is 5.99. The fourth-order valence-electron chi connectivity index (χ4n) is 3.02. The van der Waals surface area contributed by atoms with Crippen molar-refractivity contribution in [2.75, 3.05) is 5.32 Å². The zero-order valence-corrected chi connectivity index (χ0v) is 22.3. The first kappa shape index (κ1) is 29.0. The molecule has 0 aliphatic carbocycles. The molecule has 2 rings (SSSR count). The number of nitrogens with one attached hydrogen (secondary N) is 2. The summed E-state index contributed by atoms with van der Waals surface area (Å²) in [6, 6.07) is 12.8. The maximum atomic E-state index is 13.0. The Morgan fingerprint density at radius 1 is 0.833 bits per heavy atom. The fourth-order valence-corrected chi connectivity index (χ4v) is 4.24. The van der Waals surface area contributed by atoms with Crippen LogP contribution in [0.4, 0.5) is 5.69 Å². The Morgan fingerprint density at radius 2 is 1.39 bits per heavy atom. The van der Waals surface area contributed by atoms with E-state index in [-0.39, 0.29) is 23.6 Å². The van der Waals surface area contributed by atoms with Crippen LogP contribution in [0.25, 0.3) is 0 Å². The van der Waals surface area contributed by atoms with Crippen molar-refractivity contribution >= 4 is 33.6 Å². The van der Waals surface area contributed by atoms with Gasteiger partial charge < -0.3 is 14.8 Å². The van der Waals surface area contributed by atoms with Crippen molar-refractivity contribution in [3.8, 4) is 0 Å². The maximum Gasteiger partial charge on any atom is 0.324 e. The Balaban J connectivity index is 2.15. The van der Waals surface area contributed by atoms with Gasteiger partial charge in [0.25, 0.3) is 5.91 Å². The van der Waals surface area contributed by atoms with E-state index in [9.17, 15) is 22.8 Å². The SMILES string of the molecule is CC(C)(C)OC(=O)CC[C@@H](NS(=O)(=O)c1ccc(NC(=O)c2ccccc2)cc1)C(=O)OC(C)(C)C. The van der Waals surface area contributed by atoms with Crippen molar-refractivity contribution in [2.24, 2.45) is 0 Å². The first-order valence-corrected chi connectivity index (χ1v) is 13.0. The molecule has 0 radical (unpaired) electrons. The van der Waals surface area contributed by atoms with Gasteiger partial charge >= 0.3 is 11.9 Å². The summed E-state index contributed by atoms with van der Waals surface area (Å²) in [5.74, 6) is -1.70. The van der Waals surface area contributed by atoms with Crippen LogP contribution in [-0.4, -0.2) is 43.5 Å². The lowest BCUT2D eigenvalue weighted by molar-refractivity contribution is -0.158. The van der Waals surface area contributed by atoms with Gasteiger partial charge in [0.05, 0.1) is 4.90 Å². The summed E-state index contributed by atoms with van der Waals surface area (Å²) in [6.07, 6.45) is -0.331. The van der Waals surface area contributed by atoms with Gasteiger partial charge in [0.15, 0.2) is 0 Å². The zero-order chi connectivity index (χ0) is 27.1. The molecule has 0 fully saturated rings. The van der Waals surface area contributed by atoms with Crippen LogP contribution in [0, 0.1) is 0 Å². The van der Waals surface area contributed by atoms with E-state index in [4.69, 9.17) is 9.47 Å². The van der Waals surface area contributed by atoms with E-state index in [1.165, 1.54) is 24.3 Å². The van der Waals surface area contributed by atoms with Crippen molar-refractivity contribution in [3.05, 3.63) is 60.2 Å². The van der Waals surface area contributed by atoms with Crippen LogP contribution in [0.5, 0.6) is 0 Å². The fraction of sp³-hybridized carbons (Fsp3) is 0.423. The van der Waals surface area contributed by atoms with Gasteiger partial charge in [-0.2, -0.15) is 4.72 Å². The van der Waals surface area contributed by atoms with Gasteiger partial charge in [-0.15, -0.1) is 0 Å². The van der Waals surface area contributed by atoms with Gasteiger partial charge in [-0.1, -0.05) is 18.2 Å². The third kappa shape index (κ3) is 9.79. The van der Waals surface area contributed by atoms with Crippen molar-refractivity contribution in [1.29, 1.82) is 0 Å². The average molecular weight is 519 g/mol. The van der Waals surface area contributed by atoms with Gasteiger partial charge in [-0.3, -0.25) is 14.4 Å². The molecule has 0 aromatic heterocycles. The van der Waals surface area contributed by atoms with Crippen molar-refractivity contribution in [1.82, 2.24) is 4.72 Å². The Labute approximate surface area is 212 Å². The summed E-state index contributed by atoms with van der Waals surface area (Å²) in [5, 5.41) is 2.69. The molecule has 0 aliphatic heterocycles. The zero-order valence-electron chi connectivity index (χ0n) is 21.5. The highest BCUT2D eigenvalue weighted by Gasteiger charge is 2.31. The number of ether oxygens (including phenoxy) is 2. The molecule has 196 valence electrons. The predicted molar refractivity (Wildman–Crippen MR) is 136 cm³/mol. The van der Waals surface area contributed by atoms with E-state index in [0.29, 0.717) is 11.3 Å². The molecule has 0 spiro atoms. The van der Waals surface area contributed by atoms with E-state index in [1.807, 2.05) is 0 Å². The summed E-state index contributed by atoms with van der Waals surface area (Å²) in [7, 11) is -4.16. The topological polar surface area (TPSA) is 128 Å². The van der Waals surface area contributed by atoms with Crippen molar-refractivity contribution < 1.29 is 32.3 Å². The van der Waals surface area contributed by atoms with Crippen LogP contribution in [-0.2, 0) is 29.1 Å². The lowest BCUT2D eigenvalue weighted by atomic mass is 10.1. The van der Waals surface area contributed by atoms with Gasteiger partial charge in [0.1, 0.15) is 17.2 Å². The molecule has 10 heteroatoms. The number of sulfonamides is 1. The molecule has 0 aliphatic rings. The predicted octanol–water partition coefficient (Wildman–Crippen LogP) is 4.05. The second-order valence-corrected chi connectivity index (χ2v) is 11.9. The van der Waals surface area contributed by atoms with Crippen LogP contribution in [0.2, 0.25) is 0 Å². The quantitative estimate of drug-likeness (QED) is 0.479. The second kappa shape index (κ2) is 11.7. The first-order chi connectivity index (χ1) is 16.6. The molecular formula is C26H34N2O7S. The van der Waals surface area contributed by atoms with E-state index in [2.05, 4.69) is 10.0 Å². The van der Waals surface area contributed by atoms with Gasteiger partial charge in [-0.25, -0.2) is 8.42 Å². The molecule has 9 nitrogen and oxygen atoms in total. The Kier molecular flexibility index (Phi) is 9.39. The number of amides is 1.